The van der Waals surface area contributed by atoms with E-state index in [-0.39, 0.29) is 0 Å². The Morgan fingerprint density at radius 1 is 1.21 bits per heavy atom. The molecule has 0 unspecified atom stereocenters. The van der Waals surface area contributed by atoms with Gasteiger partial charge in [0.2, 0.25) is 0 Å². The molecule has 0 aliphatic carbocycles. The van der Waals surface area contributed by atoms with E-state index in [2.05, 4.69) is 25.7 Å². The standard InChI is InChI=1S/C21H25ClN6O/c1-3-23-21(25-11-8-17-5-6-18(29-2)14-19(17)22)26-15-16-7-10-24-20(13-16)28-12-4-9-27-28/h4-7,9-10,12-14H,3,8,11,15H2,1-2H3,(H2,23,25,26). The first-order valence-electron chi connectivity index (χ1n) is 9.49. The Morgan fingerprint density at radius 2 is 2.10 bits per heavy atom. The molecule has 0 radical (unpaired) electrons. The monoisotopic (exact) mass is 412 g/mol. The molecule has 0 aliphatic rings. The van der Waals surface area contributed by atoms with Gasteiger partial charge in [-0.15, -0.1) is 0 Å². The molecule has 0 spiro atoms. The van der Waals surface area contributed by atoms with Crippen LogP contribution in [0.5, 0.6) is 5.75 Å². The molecule has 3 aromatic rings. The van der Waals surface area contributed by atoms with Crippen LogP contribution in [0.3, 0.4) is 0 Å². The van der Waals surface area contributed by atoms with Gasteiger partial charge in [0.1, 0.15) is 5.75 Å². The summed E-state index contributed by atoms with van der Waals surface area (Å²) < 4.78 is 6.92. The van der Waals surface area contributed by atoms with E-state index in [1.165, 1.54) is 0 Å². The van der Waals surface area contributed by atoms with Crippen molar-refractivity contribution in [1.29, 1.82) is 0 Å². The first kappa shape index (κ1) is 20.7. The smallest absolute Gasteiger partial charge is 0.191 e. The topological polar surface area (TPSA) is 76.4 Å². The van der Waals surface area contributed by atoms with Crippen molar-refractivity contribution in [2.24, 2.45) is 4.99 Å². The zero-order chi connectivity index (χ0) is 20.5. The van der Waals surface area contributed by atoms with E-state index >= 15 is 0 Å². The Hall–Kier alpha value is -3.06. The summed E-state index contributed by atoms with van der Waals surface area (Å²) in [5.41, 5.74) is 2.12. The quantitative estimate of drug-likeness (QED) is 0.439. The molecule has 3 rings (SSSR count). The number of nitrogens with one attached hydrogen (secondary N) is 2. The zero-order valence-corrected chi connectivity index (χ0v) is 17.4. The van der Waals surface area contributed by atoms with E-state index in [0.717, 1.165) is 41.6 Å². The van der Waals surface area contributed by atoms with Gasteiger partial charge in [0.25, 0.3) is 0 Å². The van der Waals surface area contributed by atoms with Gasteiger partial charge in [-0.25, -0.2) is 14.7 Å². The lowest BCUT2D eigenvalue weighted by Crippen LogP contribution is -2.38. The number of rotatable bonds is 8. The van der Waals surface area contributed by atoms with Crippen molar-refractivity contribution in [3.63, 3.8) is 0 Å². The summed E-state index contributed by atoms with van der Waals surface area (Å²) in [5.74, 6) is 2.29. The van der Waals surface area contributed by atoms with Gasteiger partial charge in [-0.3, -0.25) is 0 Å². The summed E-state index contributed by atoms with van der Waals surface area (Å²) in [6.07, 6.45) is 6.15. The Morgan fingerprint density at radius 3 is 2.83 bits per heavy atom. The molecule has 0 amide bonds. The van der Waals surface area contributed by atoms with Gasteiger partial charge in [0.05, 0.1) is 13.7 Å². The van der Waals surface area contributed by atoms with E-state index in [1.807, 2.05) is 49.5 Å². The maximum atomic E-state index is 6.32. The van der Waals surface area contributed by atoms with Crippen LogP contribution in [0.4, 0.5) is 0 Å². The van der Waals surface area contributed by atoms with Crippen LogP contribution in [0.25, 0.3) is 5.82 Å². The largest absolute Gasteiger partial charge is 0.497 e. The second-order valence-corrected chi connectivity index (χ2v) is 6.71. The highest BCUT2D eigenvalue weighted by Crippen LogP contribution is 2.22. The summed E-state index contributed by atoms with van der Waals surface area (Å²) in [6.45, 7) is 4.08. The molecule has 0 aliphatic heterocycles. The lowest BCUT2D eigenvalue weighted by molar-refractivity contribution is 0.414. The highest BCUT2D eigenvalue weighted by Gasteiger charge is 2.04. The van der Waals surface area contributed by atoms with Gasteiger partial charge in [0.15, 0.2) is 11.8 Å². The molecular formula is C21H25ClN6O. The maximum absolute atomic E-state index is 6.32. The van der Waals surface area contributed by atoms with E-state index in [1.54, 1.807) is 24.2 Å². The summed E-state index contributed by atoms with van der Waals surface area (Å²) in [7, 11) is 1.63. The van der Waals surface area contributed by atoms with Crippen molar-refractivity contribution in [3.8, 4) is 11.6 Å². The molecule has 0 saturated carbocycles. The van der Waals surface area contributed by atoms with Gasteiger partial charge in [-0.1, -0.05) is 17.7 Å². The fourth-order valence-corrected chi connectivity index (χ4v) is 3.04. The van der Waals surface area contributed by atoms with Crippen LogP contribution in [0, 0.1) is 0 Å². The Kier molecular flexibility index (Phi) is 7.47. The Balaban J connectivity index is 1.59. The third kappa shape index (κ3) is 5.96. The van der Waals surface area contributed by atoms with Crippen molar-refractivity contribution in [2.45, 2.75) is 19.9 Å². The molecule has 0 saturated heterocycles. The van der Waals surface area contributed by atoms with E-state index in [9.17, 15) is 0 Å². The lowest BCUT2D eigenvalue weighted by Gasteiger charge is -2.12. The number of nitrogens with zero attached hydrogens (tertiary/aromatic N) is 4. The predicted octanol–water partition coefficient (Wildman–Crippen LogP) is 3.23. The predicted molar refractivity (Wildman–Crippen MR) is 116 cm³/mol. The highest BCUT2D eigenvalue weighted by atomic mass is 35.5. The Labute approximate surface area is 175 Å². The third-order valence-electron chi connectivity index (χ3n) is 4.26. The van der Waals surface area contributed by atoms with Crippen molar-refractivity contribution in [2.75, 3.05) is 20.2 Å². The molecule has 8 heteroatoms. The van der Waals surface area contributed by atoms with Crippen molar-refractivity contribution in [1.82, 2.24) is 25.4 Å². The molecular weight excluding hydrogens is 388 g/mol. The SMILES string of the molecule is CCNC(=NCc1ccnc(-n2cccn2)c1)NCCc1ccc(OC)cc1Cl. The second kappa shape index (κ2) is 10.5. The number of guanidine groups is 1. The first-order chi connectivity index (χ1) is 14.2. The van der Waals surface area contributed by atoms with E-state index in [4.69, 9.17) is 16.3 Å². The average molecular weight is 413 g/mol. The first-order valence-corrected chi connectivity index (χ1v) is 9.87. The molecule has 2 heterocycles. The van der Waals surface area contributed by atoms with Crippen LogP contribution >= 0.6 is 11.6 Å². The molecule has 0 fully saturated rings. The normalized spacial score (nSPS) is 11.3. The summed E-state index contributed by atoms with van der Waals surface area (Å²) in [5, 5.41) is 11.5. The van der Waals surface area contributed by atoms with Crippen molar-refractivity contribution >= 4 is 17.6 Å². The molecule has 2 N–H and O–H groups in total. The Bertz CT molecular complexity index is 942. The van der Waals surface area contributed by atoms with Gasteiger partial charge < -0.3 is 15.4 Å². The fourth-order valence-electron chi connectivity index (χ4n) is 2.77. The number of halogens is 1. The van der Waals surface area contributed by atoms with Gasteiger partial charge in [0, 0.05) is 36.7 Å². The van der Waals surface area contributed by atoms with Crippen LogP contribution in [0.2, 0.25) is 5.02 Å². The van der Waals surface area contributed by atoms with E-state index < -0.39 is 0 Å². The van der Waals surface area contributed by atoms with Gasteiger partial charge in [-0.2, -0.15) is 5.10 Å². The van der Waals surface area contributed by atoms with Crippen LogP contribution < -0.4 is 15.4 Å². The summed E-state index contributed by atoms with van der Waals surface area (Å²) in [4.78, 5) is 9.02. The minimum absolute atomic E-state index is 0.537. The number of aliphatic imine (C=N–C) groups is 1. The van der Waals surface area contributed by atoms with Gasteiger partial charge in [-0.05, 0) is 54.8 Å². The van der Waals surface area contributed by atoms with Crippen molar-refractivity contribution < 1.29 is 4.74 Å². The molecule has 152 valence electrons. The molecule has 29 heavy (non-hydrogen) atoms. The maximum Gasteiger partial charge on any atom is 0.191 e. The molecule has 1 aromatic carbocycles. The van der Waals surface area contributed by atoms with E-state index in [0.29, 0.717) is 18.1 Å². The highest BCUT2D eigenvalue weighted by molar-refractivity contribution is 6.31. The number of methoxy groups -OCH3 is 1. The minimum Gasteiger partial charge on any atom is -0.497 e. The number of ether oxygens (including phenoxy) is 1. The fraction of sp³-hybridized carbons (Fsp3) is 0.286. The zero-order valence-electron chi connectivity index (χ0n) is 16.6. The average Bonchev–Trinajstić information content (AvgIpc) is 3.28. The summed E-state index contributed by atoms with van der Waals surface area (Å²) in [6, 6.07) is 11.5. The number of aromatic nitrogens is 3. The number of benzene rings is 1. The minimum atomic E-state index is 0.537. The number of hydrogen-bond donors (Lipinski definition) is 2. The van der Waals surface area contributed by atoms with Gasteiger partial charge >= 0.3 is 0 Å². The molecule has 7 nitrogen and oxygen atoms in total. The molecule has 2 aromatic heterocycles. The third-order valence-corrected chi connectivity index (χ3v) is 4.61. The number of pyridine rings is 1. The number of hydrogen-bond acceptors (Lipinski definition) is 4. The van der Waals surface area contributed by atoms with Crippen LogP contribution in [0.1, 0.15) is 18.1 Å². The second-order valence-electron chi connectivity index (χ2n) is 6.30. The lowest BCUT2D eigenvalue weighted by atomic mass is 10.1. The summed E-state index contributed by atoms with van der Waals surface area (Å²) >= 11 is 6.32. The van der Waals surface area contributed by atoms with Crippen molar-refractivity contribution in [3.05, 3.63) is 71.1 Å². The van der Waals surface area contributed by atoms with Crippen LogP contribution in [0.15, 0.2) is 60.0 Å². The molecule has 0 atom stereocenters. The van der Waals surface area contributed by atoms with Crippen LogP contribution in [-0.2, 0) is 13.0 Å². The van der Waals surface area contributed by atoms with Crippen LogP contribution in [-0.4, -0.2) is 40.9 Å². The molecule has 0 bridgehead atoms.